The van der Waals surface area contributed by atoms with Crippen LogP contribution in [0.4, 0.5) is 0 Å². The van der Waals surface area contributed by atoms with Crippen molar-refractivity contribution in [3.8, 4) is 0 Å². The van der Waals surface area contributed by atoms with Gasteiger partial charge in [-0.1, -0.05) is 19.8 Å². The first-order chi connectivity index (χ1) is 9.25. The lowest BCUT2D eigenvalue weighted by Gasteiger charge is -2.29. The Labute approximate surface area is 116 Å². The second-order valence-electron chi connectivity index (χ2n) is 6.01. The average Bonchev–Trinajstić information content (AvgIpc) is 2.91. The summed E-state index contributed by atoms with van der Waals surface area (Å²) in [7, 11) is 0. The van der Waals surface area contributed by atoms with Gasteiger partial charge in [0.15, 0.2) is 0 Å². The van der Waals surface area contributed by atoms with Crippen molar-refractivity contribution in [2.45, 2.75) is 64.0 Å². The van der Waals surface area contributed by atoms with E-state index in [4.69, 9.17) is 4.74 Å². The van der Waals surface area contributed by atoms with Gasteiger partial charge in [0.1, 0.15) is 0 Å². The highest BCUT2D eigenvalue weighted by Gasteiger charge is 2.23. The highest BCUT2D eigenvalue weighted by Crippen LogP contribution is 2.20. The summed E-state index contributed by atoms with van der Waals surface area (Å²) in [6.45, 7) is 4.58. The van der Waals surface area contributed by atoms with Gasteiger partial charge in [-0.25, -0.2) is 0 Å². The van der Waals surface area contributed by atoms with Crippen LogP contribution in [0.3, 0.4) is 0 Å². The Hall–Kier alpha value is -0.610. The van der Waals surface area contributed by atoms with E-state index in [0.29, 0.717) is 37.6 Å². The molecule has 1 aliphatic carbocycles. The van der Waals surface area contributed by atoms with Crippen LogP contribution in [-0.2, 0) is 9.53 Å². The van der Waals surface area contributed by atoms with E-state index in [2.05, 4.69) is 17.6 Å². The fourth-order valence-corrected chi connectivity index (χ4v) is 3.13. The molecule has 2 rings (SSSR count). The van der Waals surface area contributed by atoms with E-state index < -0.39 is 0 Å². The summed E-state index contributed by atoms with van der Waals surface area (Å²) in [6, 6.07) is 0.351. The molecule has 1 saturated carbocycles. The molecule has 2 atom stereocenters. The number of ether oxygens (including phenoxy) is 1. The molecule has 0 bridgehead atoms. The highest BCUT2D eigenvalue weighted by atomic mass is 16.5. The van der Waals surface area contributed by atoms with Crippen LogP contribution in [0, 0.1) is 5.92 Å². The van der Waals surface area contributed by atoms with Gasteiger partial charge in [-0.15, -0.1) is 0 Å². The molecule has 0 aromatic rings. The van der Waals surface area contributed by atoms with Crippen molar-refractivity contribution < 1.29 is 9.53 Å². The van der Waals surface area contributed by atoms with E-state index in [0.717, 1.165) is 6.54 Å². The van der Waals surface area contributed by atoms with E-state index in [1.54, 1.807) is 0 Å². The largest absolute Gasteiger partial charge is 0.376 e. The highest BCUT2D eigenvalue weighted by molar-refractivity contribution is 5.76. The van der Waals surface area contributed by atoms with Crippen LogP contribution in [0.1, 0.15) is 51.9 Å². The summed E-state index contributed by atoms with van der Waals surface area (Å²) in [5.41, 5.74) is 0. The van der Waals surface area contributed by atoms with Crippen LogP contribution in [-0.4, -0.2) is 37.7 Å². The third kappa shape index (κ3) is 5.11. The molecule has 1 heterocycles. The molecule has 0 spiro atoms. The van der Waals surface area contributed by atoms with Gasteiger partial charge in [-0.3, -0.25) is 4.79 Å². The number of amides is 1. The molecule has 0 radical (unpaired) electrons. The van der Waals surface area contributed by atoms with Crippen LogP contribution in [0.2, 0.25) is 0 Å². The van der Waals surface area contributed by atoms with E-state index in [-0.39, 0.29) is 5.91 Å². The molecule has 2 fully saturated rings. The summed E-state index contributed by atoms with van der Waals surface area (Å²) in [5, 5.41) is 6.41. The maximum Gasteiger partial charge on any atom is 0.221 e. The molecule has 19 heavy (non-hydrogen) atoms. The molecule has 0 aromatic heterocycles. The minimum atomic E-state index is 0.154. The molecule has 0 aromatic carbocycles. The van der Waals surface area contributed by atoms with Gasteiger partial charge in [0.25, 0.3) is 0 Å². The van der Waals surface area contributed by atoms with Gasteiger partial charge in [0, 0.05) is 19.0 Å². The van der Waals surface area contributed by atoms with E-state index in [1.807, 2.05) is 0 Å². The van der Waals surface area contributed by atoms with Crippen LogP contribution in [0.5, 0.6) is 0 Å². The molecule has 4 heteroatoms. The number of hydrogen-bond donors (Lipinski definition) is 2. The summed E-state index contributed by atoms with van der Waals surface area (Å²) in [6.07, 6.45) is 8.48. The zero-order valence-corrected chi connectivity index (χ0v) is 12.1. The maximum atomic E-state index is 11.8. The van der Waals surface area contributed by atoms with Crippen molar-refractivity contribution in [2.24, 2.45) is 5.92 Å². The Morgan fingerprint density at radius 2 is 2.05 bits per heavy atom. The molecule has 1 saturated heterocycles. The van der Waals surface area contributed by atoms with E-state index in [1.165, 1.54) is 38.5 Å². The molecule has 2 aliphatic rings. The third-order valence-electron chi connectivity index (χ3n) is 4.41. The van der Waals surface area contributed by atoms with Crippen molar-refractivity contribution in [3.63, 3.8) is 0 Å². The van der Waals surface area contributed by atoms with Crippen molar-refractivity contribution in [3.05, 3.63) is 0 Å². The van der Waals surface area contributed by atoms with Gasteiger partial charge in [-0.05, 0) is 38.1 Å². The Bertz CT molecular complexity index is 277. The molecule has 1 aliphatic heterocycles. The van der Waals surface area contributed by atoms with Crippen molar-refractivity contribution >= 4 is 5.91 Å². The zero-order valence-electron chi connectivity index (χ0n) is 12.1. The maximum absolute atomic E-state index is 11.8. The van der Waals surface area contributed by atoms with Crippen LogP contribution < -0.4 is 10.6 Å². The van der Waals surface area contributed by atoms with Crippen LogP contribution >= 0.6 is 0 Å². The van der Waals surface area contributed by atoms with Crippen molar-refractivity contribution in [2.75, 3.05) is 19.7 Å². The van der Waals surface area contributed by atoms with Gasteiger partial charge >= 0.3 is 0 Å². The molecule has 2 N–H and O–H groups in total. The van der Waals surface area contributed by atoms with E-state index >= 15 is 0 Å². The smallest absolute Gasteiger partial charge is 0.221 e. The topological polar surface area (TPSA) is 50.4 Å². The Balaban J connectivity index is 1.53. The number of piperidine rings is 1. The fraction of sp³-hybridized carbons (Fsp3) is 0.933. The average molecular weight is 268 g/mol. The molecule has 4 nitrogen and oxygen atoms in total. The Kier molecular flexibility index (Phi) is 6.11. The first kappa shape index (κ1) is 14.8. The molecule has 110 valence electrons. The van der Waals surface area contributed by atoms with Crippen molar-refractivity contribution in [1.29, 1.82) is 0 Å². The van der Waals surface area contributed by atoms with Crippen LogP contribution in [0.15, 0.2) is 0 Å². The lowest BCUT2D eigenvalue weighted by atomic mass is 9.90. The Morgan fingerprint density at radius 3 is 2.79 bits per heavy atom. The Morgan fingerprint density at radius 1 is 1.26 bits per heavy atom. The van der Waals surface area contributed by atoms with Gasteiger partial charge in [0.05, 0.1) is 12.7 Å². The third-order valence-corrected chi connectivity index (χ3v) is 4.41. The summed E-state index contributed by atoms with van der Waals surface area (Å²) >= 11 is 0. The molecule has 1 amide bonds. The number of carbonyl (C=O) groups is 1. The van der Waals surface area contributed by atoms with Crippen LogP contribution in [0.25, 0.3) is 0 Å². The predicted molar refractivity (Wildman–Crippen MR) is 76.0 cm³/mol. The van der Waals surface area contributed by atoms with E-state index in [9.17, 15) is 4.79 Å². The number of nitrogens with one attached hydrogen (secondary N) is 2. The number of rotatable bonds is 6. The van der Waals surface area contributed by atoms with Gasteiger partial charge in [-0.2, -0.15) is 0 Å². The van der Waals surface area contributed by atoms with Gasteiger partial charge in [0.2, 0.25) is 5.91 Å². The monoisotopic (exact) mass is 268 g/mol. The van der Waals surface area contributed by atoms with Crippen molar-refractivity contribution in [1.82, 2.24) is 10.6 Å². The zero-order chi connectivity index (χ0) is 13.5. The normalized spacial score (nSPS) is 28.5. The standard InChI is InChI=1S/C15H28N2O2/c1-12-5-4-8-16-14(12)11-15(18)17-9-10-19-13-6-2-3-7-13/h12-14,16H,2-11H2,1H3,(H,17,18). The SMILES string of the molecule is CC1CCCNC1CC(=O)NCCOC1CCCC1. The minimum absolute atomic E-state index is 0.154. The quantitative estimate of drug-likeness (QED) is 0.723. The molecular weight excluding hydrogens is 240 g/mol. The second kappa shape index (κ2) is 7.85. The first-order valence-corrected chi connectivity index (χ1v) is 7.87. The number of carbonyl (C=O) groups excluding carboxylic acids is 1. The predicted octanol–water partition coefficient (Wildman–Crippen LogP) is 1.84. The fourth-order valence-electron chi connectivity index (χ4n) is 3.13. The summed E-state index contributed by atoms with van der Waals surface area (Å²) in [4.78, 5) is 11.8. The lowest BCUT2D eigenvalue weighted by molar-refractivity contribution is -0.122. The second-order valence-corrected chi connectivity index (χ2v) is 6.01. The summed E-state index contributed by atoms with van der Waals surface area (Å²) in [5.74, 6) is 0.760. The first-order valence-electron chi connectivity index (χ1n) is 7.87. The minimum Gasteiger partial charge on any atom is -0.376 e. The molecule has 2 unspecified atom stereocenters. The number of hydrogen-bond acceptors (Lipinski definition) is 3. The molecular formula is C15H28N2O2. The lowest BCUT2D eigenvalue weighted by Crippen LogP contribution is -2.43. The van der Waals surface area contributed by atoms with Gasteiger partial charge < -0.3 is 15.4 Å². The summed E-state index contributed by atoms with van der Waals surface area (Å²) < 4.78 is 5.73.